The minimum Gasteiger partial charge on any atom is -0.325 e. The lowest BCUT2D eigenvalue weighted by atomic mass is 10.0. The summed E-state index contributed by atoms with van der Waals surface area (Å²) in [5.41, 5.74) is 5.14. The SMILES string of the molecule is Cc1ccc(CCc2nc3ccccc3n2C2CCNCC2)cc1. The third-order valence-electron chi connectivity index (χ3n) is 5.10. The van der Waals surface area contributed by atoms with Gasteiger partial charge in [0, 0.05) is 12.5 Å². The summed E-state index contributed by atoms with van der Waals surface area (Å²) in [5.74, 6) is 1.24. The van der Waals surface area contributed by atoms with Crippen molar-refractivity contribution in [2.75, 3.05) is 13.1 Å². The summed E-state index contributed by atoms with van der Waals surface area (Å²) in [4.78, 5) is 4.96. The van der Waals surface area contributed by atoms with Crippen molar-refractivity contribution in [1.82, 2.24) is 14.9 Å². The van der Waals surface area contributed by atoms with Gasteiger partial charge in [-0.3, -0.25) is 0 Å². The molecule has 1 aliphatic rings. The summed E-state index contributed by atoms with van der Waals surface area (Å²) in [7, 11) is 0. The topological polar surface area (TPSA) is 29.9 Å². The zero-order valence-electron chi connectivity index (χ0n) is 14.3. The molecule has 0 amide bonds. The van der Waals surface area contributed by atoms with Crippen LogP contribution in [0.1, 0.15) is 35.8 Å². The number of nitrogens with zero attached hydrogens (tertiary/aromatic N) is 2. The quantitative estimate of drug-likeness (QED) is 0.786. The van der Waals surface area contributed by atoms with Crippen molar-refractivity contribution < 1.29 is 0 Å². The number of hydrogen-bond donors (Lipinski definition) is 1. The highest BCUT2D eigenvalue weighted by molar-refractivity contribution is 5.76. The summed E-state index contributed by atoms with van der Waals surface area (Å²) < 4.78 is 2.52. The van der Waals surface area contributed by atoms with Gasteiger partial charge in [-0.15, -0.1) is 0 Å². The lowest BCUT2D eigenvalue weighted by Gasteiger charge is -2.26. The van der Waals surface area contributed by atoms with E-state index in [0.29, 0.717) is 6.04 Å². The Balaban J connectivity index is 1.64. The highest BCUT2D eigenvalue weighted by Gasteiger charge is 2.20. The van der Waals surface area contributed by atoms with Crippen LogP contribution in [0, 0.1) is 6.92 Å². The molecule has 1 aromatic heterocycles. The molecule has 3 aromatic rings. The standard InChI is InChI=1S/C21H25N3/c1-16-6-8-17(9-7-16)10-11-21-23-19-4-2-3-5-20(19)24(21)18-12-14-22-15-13-18/h2-9,18,22H,10-15H2,1H3. The summed E-state index contributed by atoms with van der Waals surface area (Å²) in [6, 6.07) is 18.0. The van der Waals surface area contributed by atoms with Gasteiger partial charge in [0.15, 0.2) is 0 Å². The molecule has 124 valence electrons. The van der Waals surface area contributed by atoms with Crippen molar-refractivity contribution in [2.45, 2.75) is 38.6 Å². The smallest absolute Gasteiger partial charge is 0.110 e. The fourth-order valence-corrected chi connectivity index (χ4v) is 3.75. The normalized spacial score (nSPS) is 15.9. The molecule has 3 nitrogen and oxygen atoms in total. The molecule has 0 saturated carbocycles. The molecule has 0 spiro atoms. The Morgan fingerprint density at radius 1 is 1.00 bits per heavy atom. The lowest BCUT2D eigenvalue weighted by Crippen LogP contribution is -2.30. The van der Waals surface area contributed by atoms with Crippen LogP contribution in [0.15, 0.2) is 48.5 Å². The Bertz CT molecular complexity index is 811. The number of aromatic nitrogens is 2. The highest BCUT2D eigenvalue weighted by atomic mass is 15.1. The fourth-order valence-electron chi connectivity index (χ4n) is 3.75. The van der Waals surface area contributed by atoms with Gasteiger partial charge in [-0.1, -0.05) is 42.0 Å². The second-order valence-corrected chi connectivity index (χ2v) is 6.85. The van der Waals surface area contributed by atoms with E-state index in [1.165, 1.54) is 35.3 Å². The van der Waals surface area contributed by atoms with Crippen LogP contribution < -0.4 is 5.32 Å². The van der Waals surface area contributed by atoms with Crippen LogP contribution in [0.3, 0.4) is 0 Å². The number of benzene rings is 2. The second-order valence-electron chi connectivity index (χ2n) is 6.85. The number of hydrogen-bond acceptors (Lipinski definition) is 2. The van der Waals surface area contributed by atoms with Crippen molar-refractivity contribution in [3.63, 3.8) is 0 Å². The van der Waals surface area contributed by atoms with Crippen LogP contribution in [0.4, 0.5) is 0 Å². The summed E-state index contributed by atoms with van der Waals surface area (Å²) >= 11 is 0. The van der Waals surface area contributed by atoms with Crippen molar-refractivity contribution in [1.29, 1.82) is 0 Å². The van der Waals surface area contributed by atoms with Crippen LogP contribution in [0.2, 0.25) is 0 Å². The first kappa shape index (κ1) is 15.4. The van der Waals surface area contributed by atoms with Gasteiger partial charge in [0.1, 0.15) is 5.82 Å². The molecule has 2 heterocycles. The maximum Gasteiger partial charge on any atom is 0.110 e. The van der Waals surface area contributed by atoms with Gasteiger partial charge >= 0.3 is 0 Å². The van der Waals surface area contributed by atoms with Gasteiger partial charge in [0.2, 0.25) is 0 Å². The van der Waals surface area contributed by atoms with Crippen LogP contribution >= 0.6 is 0 Å². The number of rotatable bonds is 4. The molecule has 0 radical (unpaired) electrons. The van der Waals surface area contributed by atoms with Crippen LogP contribution in [-0.4, -0.2) is 22.6 Å². The molecule has 0 atom stereocenters. The molecule has 0 bridgehead atoms. The van der Waals surface area contributed by atoms with E-state index < -0.39 is 0 Å². The first-order chi connectivity index (χ1) is 11.8. The monoisotopic (exact) mass is 319 g/mol. The molecule has 1 aliphatic heterocycles. The van der Waals surface area contributed by atoms with Gasteiger partial charge in [0.05, 0.1) is 11.0 Å². The average molecular weight is 319 g/mol. The molecule has 1 N–H and O–H groups in total. The third kappa shape index (κ3) is 3.09. The molecule has 0 aliphatic carbocycles. The Morgan fingerprint density at radius 3 is 2.54 bits per heavy atom. The summed E-state index contributed by atoms with van der Waals surface area (Å²) in [5, 5.41) is 3.47. The van der Waals surface area contributed by atoms with Crippen molar-refractivity contribution in [3.05, 3.63) is 65.5 Å². The molecule has 2 aromatic carbocycles. The number of fused-ring (bicyclic) bond motifs is 1. The number of imidazole rings is 1. The Labute approximate surface area is 143 Å². The van der Waals surface area contributed by atoms with E-state index in [9.17, 15) is 0 Å². The molecule has 0 unspecified atom stereocenters. The Hall–Kier alpha value is -2.13. The first-order valence-electron chi connectivity index (χ1n) is 9.03. The van der Waals surface area contributed by atoms with Crippen molar-refractivity contribution in [3.8, 4) is 0 Å². The van der Waals surface area contributed by atoms with E-state index >= 15 is 0 Å². The molecule has 1 saturated heterocycles. The van der Waals surface area contributed by atoms with Gasteiger partial charge in [-0.05, 0) is 57.0 Å². The molecule has 3 heteroatoms. The van der Waals surface area contributed by atoms with Crippen LogP contribution in [0.25, 0.3) is 11.0 Å². The third-order valence-corrected chi connectivity index (χ3v) is 5.10. The largest absolute Gasteiger partial charge is 0.325 e. The minimum atomic E-state index is 0.576. The number of aryl methyl sites for hydroxylation is 3. The molecular formula is C21H25N3. The van der Waals surface area contributed by atoms with E-state index in [0.717, 1.165) is 31.4 Å². The predicted molar refractivity (Wildman–Crippen MR) is 99.5 cm³/mol. The Morgan fingerprint density at radius 2 is 1.75 bits per heavy atom. The summed E-state index contributed by atoms with van der Waals surface area (Å²) in [6.45, 7) is 4.35. The van der Waals surface area contributed by atoms with Crippen LogP contribution in [-0.2, 0) is 12.8 Å². The zero-order chi connectivity index (χ0) is 16.4. The van der Waals surface area contributed by atoms with E-state index in [4.69, 9.17) is 4.98 Å². The molecule has 1 fully saturated rings. The number of para-hydroxylation sites is 2. The van der Waals surface area contributed by atoms with Crippen LogP contribution in [0.5, 0.6) is 0 Å². The van der Waals surface area contributed by atoms with E-state index in [-0.39, 0.29) is 0 Å². The van der Waals surface area contributed by atoms with E-state index in [2.05, 4.69) is 65.3 Å². The van der Waals surface area contributed by atoms with E-state index in [1.54, 1.807) is 0 Å². The van der Waals surface area contributed by atoms with Gasteiger partial charge in [0.25, 0.3) is 0 Å². The minimum absolute atomic E-state index is 0.576. The van der Waals surface area contributed by atoms with E-state index in [1.807, 2.05) is 0 Å². The maximum atomic E-state index is 4.96. The maximum absolute atomic E-state index is 4.96. The van der Waals surface area contributed by atoms with Crippen molar-refractivity contribution >= 4 is 11.0 Å². The second kappa shape index (κ2) is 6.78. The molecule has 24 heavy (non-hydrogen) atoms. The molecular weight excluding hydrogens is 294 g/mol. The summed E-state index contributed by atoms with van der Waals surface area (Å²) in [6.07, 6.45) is 4.44. The predicted octanol–water partition coefficient (Wildman–Crippen LogP) is 4.05. The van der Waals surface area contributed by atoms with Crippen molar-refractivity contribution in [2.24, 2.45) is 0 Å². The number of nitrogens with one attached hydrogen (secondary N) is 1. The Kier molecular flexibility index (Phi) is 4.35. The average Bonchev–Trinajstić information content (AvgIpc) is 3.00. The van der Waals surface area contributed by atoms with Gasteiger partial charge < -0.3 is 9.88 Å². The lowest BCUT2D eigenvalue weighted by molar-refractivity contribution is 0.367. The zero-order valence-corrected chi connectivity index (χ0v) is 14.3. The molecule has 4 rings (SSSR count). The first-order valence-corrected chi connectivity index (χ1v) is 9.03. The van der Waals surface area contributed by atoms with Gasteiger partial charge in [-0.25, -0.2) is 4.98 Å². The van der Waals surface area contributed by atoms with Gasteiger partial charge in [-0.2, -0.15) is 0 Å². The fraction of sp³-hybridized carbons (Fsp3) is 0.381. The highest BCUT2D eigenvalue weighted by Crippen LogP contribution is 2.27. The number of piperidine rings is 1.